The number of hydrogen-bond acceptors (Lipinski definition) is 3. The molecule has 2 fully saturated rings. The topological polar surface area (TPSA) is 61.4 Å². The standard InChI is InChI=1S/C13H27N3O2S/c1-12-10-14-7-6-13(12)11-15-19(17,18)16-8-4-2-3-5-9-16/h12-15H,2-11H2,1H3. The van der Waals surface area contributed by atoms with Crippen LogP contribution in [0, 0.1) is 11.8 Å². The molecule has 2 aliphatic rings. The van der Waals surface area contributed by atoms with E-state index in [0.29, 0.717) is 31.5 Å². The van der Waals surface area contributed by atoms with Crippen molar-refractivity contribution in [3.8, 4) is 0 Å². The Bertz CT molecular complexity index is 364. The van der Waals surface area contributed by atoms with Crippen molar-refractivity contribution in [1.29, 1.82) is 0 Å². The van der Waals surface area contributed by atoms with Crippen molar-refractivity contribution in [1.82, 2.24) is 14.3 Å². The van der Waals surface area contributed by atoms with Crippen LogP contribution < -0.4 is 10.0 Å². The second-order valence-corrected chi connectivity index (χ2v) is 7.65. The number of hydrogen-bond donors (Lipinski definition) is 2. The largest absolute Gasteiger partial charge is 0.316 e. The van der Waals surface area contributed by atoms with Gasteiger partial charge in [0, 0.05) is 19.6 Å². The molecule has 0 aromatic rings. The van der Waals surface area contributed by atoms with Gasteiger partial charge in [-0.3, -0.25) is 0 Å². The van der Waals surface area contributed by atoms with Crippen LogP contribution in [0.2, 0.25) is 0 Å². The Morgan fingerprint density at radius 2 is 1.89 bits per heavy atom. The summed E-state index contributed by atoms with van der Waals surface area (Å²) in [5.41, 5.74) is 0. The van der Waals surface area contributed by atoms with E-state index in [9.17, 15) is 8.42 Å². The third-order valence-electron chi connectivity index (χ3n) is 4.40. The fourth-order valence-corrected chi connectivity index (χ4v) is 4.30. The lowest BCUT2D eigenvalue weighted by atomic mass is 9.88. The molecule has 2 N–H and O–H groups in total. The van der Waals surface area contributed by atoms with E-state index in [1.165, 1.54) is 0 Å². The first-order valence-corrected chi connectivity index (χ1v) is 8.99. The van der Waals surface area contributed by atoms with Gasteiger partial charge in [0.25, 0.3) is 10.2 Å². The van der Waals surface area contributed by atoms with E-state index in [0.717, 1.165) is 45.2 Å². The molecule has 0 bridgehead atoms. The molecule has 0 aromatic heterocycles. The normalized spacial score (nSPS) is 31.0. The second-order valence-electron chi connectivity index (χ2n) is 5.90. The van der Waals surface area contributed by atoms with Gasteiger partial charge in [-0.1, -0.05) is 19.8 Å². The Balaban J connectivity index is 1.85. The lowest BCUT2D eigenvalue weighted by Gasteiger charge is -2.30. The molecule has 0 spiro atoms. The quantitative estimate of drug-likeness (QED) is 0.810. The van der Waals surface area contributed by atoms with E-state index >= 15 is 0 Å². The molecule has 0 saturated carbocycles. The van der Waals surface area contributed by atoms with E-state index in [1.807, 2.05) is 0 Å². The van der Waals surface area contributed by atoms with Gasteiger partial charge in [0.2, 0.25) is 0 Å². The summed E-state index contributed by atoms with van der Waals surface area (Å²) >= 11 is 0. The van der Waals surface area contributed by atoms with E-state index < -0.39 is 10.2 Å². The van der Waals surface area contributed by atoms with Crippen LogP contribution in [-0.4, -0.2) is 45.4 Å². The molecular weight excluding hydrogens is 262 g/mol. The van der Waals surface area contributed by atoms with Gasteiger partial charge < -0.3 is 5.32 Å². The zero-order chi connectivity index (χ0) is 13.7. The van der Waals surface area contributed by atoms with Crippen LogP contribution in [0.4, 0.5) is 0 Å². The minimum Gasteiger partial charge on any atom is -0.316 e. The fraction of sp³-hybridized carbons (Fsp3) is 1.00. The highest BCUT2D eigenvalue weighted by atomic mass is 32.2. The summed E-state index contributed by atoms with van der Waals surface area (Å²) in [7, 11) is -3.27. The van der Waals surface area contributed by atoms with Crippen LogP contribution in [0.5, 0.6) is 0 Å². The third-order valence-corrected chi connectivity index (χ3v) is 5.97. The average molecular weight is 289 g/mol. The number of piperidine rings is 1. The zero-order valence-corrected chi connectivity index (χ0v) is 12.7. The van der Waals surface area contributed by atoms with Gasteiger partial charge in [-0.15, -0.1) is 0 Å². The van der Waals surface area contributed by atoms with E-state index in [1.54, 1.807) is 4.31 Å². The van der Waals surface area contributed by atoms with E-state index in [-0.39, 0.29) is 0 Å². The molecule has 112 valence electrons. The van der Waals surface area contributed by atoms with Crippen molar-refractivity contribution in [2.24, 2.45) is 11.8 Å². The van der Waals surface area contributed by atoms with Gasteiger partial charge in [-0.2, -0.15) is 12.7 Å². The molecule has 19 heavy (non-hydrogen) atoms. The van der Waals surface area contributed by atoms with Crippen LogP contribution in [0.15, 0.2) is 0 Å². The average Bonchev–Trinajstić information content (AvgIpc) is 2.67. The highest BCUT2D eigenvalue weighted by Crippen LogP contribution is 2.18. The molecule has 0 radical (unpaired) electrons. The van der Waals surface area contributed by atoms with Crippen molar-refractivity contribution >= 4 is 10.2 Å². The number of nitrogens with zero attached hydrogens (tertiary/aromatic N) is 1. The Kier molecular flexibility index (Phi) is 5.62. The van der Waals surface area contributed by atoms with Crippen LogP contribution >= 0.6 is 0 Å². The Hall–Kier alpha value is -0.170. The Morgan fingerprint density at radius 3 is 2.53 bits per heavy atom. The van der Waals surface area contributed by atoms with Gasteiger partial charge in [0.1, 0.15) is 0 Å². The molecule has 5 nitrogen and oxygen atoms in total. The van der Waals surface area contributed by atoms with Crippen LogP contribution in [0.1, 0.15) is 39.0 Å². The monoisotopic (exact) mass is 289 g/mol. The number of rotatable bonds is 4. The number of nitrogens with one attached hydrogen (secondary N) is 2. The molecule has 2 saturated heterocycles. The van der Waals surface area contributed by atoms with E-state index in [2.05, 4.69) is 17.0 Å². The minimum absolute atomic E-state index is 0.461. The van der Waals surface area contributed by atoms with Crippen molar-refractivity contribution in [2.45, 2.75) is 39.0 Å². The zero-order valence-electron chi connectivity index (χ0n) is 11.9. The summed E-state index contributed by atoms with van der Waals surface area (Å²) in [4.78, 5) is 0. The minimum atomic E-state index is -3.27. The van der Waals surface area contributed by atoms with E-state index in [4.69, 9.17) is 0 Å². The summed E-state index contributed by atoms with van der Waals surface area (Å²) in [5.74, 6) is 1.00. The van der Waals surface area contributed by atoms with Crippen LogP contribution in [-0.2, 0) is 10.2 Å². The first-order chi connectivity index (χ1) is 9.09. The Labute approximate surface area is 117 Å². The lowest BCUT2D eigenvalue weighted by molar-refractivity contribution is 0.272. The molecule has 2 atom stereocenters. The molecule has 2 unspecified atom stereocenters. The first kappa shape index (κ1) is 15.2. The predicted octanol–water partition coefficient (Wildman–Crippen LogP) is 0.942. The molecule has 2 rings (SSSR count). The summed E-state index contributed by atoms with van der Waals surface area (Å²) in [6.45, 7) is 6.13. The van der Waals surface area contributed by atoms with Crippen molar-refractivity contribution in [2.75, 3.05) is 32.7 Å². The Morgan fingerprint density at radius 1 is 1.21 bits per heavy atom. The van der Waals surface area contributed by atoms with Gasteiger partial charge in [-0.25, -0.2) is 4.72 Å². The third kappa shape index (κ3) is 4.41. The molecule has 0 aromatic carbocycles. The maximum absolute atomic E-state index is 12.3. The van der Waals surface area contributed by atoms with Crippen molar-refractivity contribution in [3.63, 3.8) is 0 Å². The highest BCUT2D eigenvalue weighted by molar-refractivity contribution is 7.87. The first-order valence-electron chi connectivity index (χ1n) is 7.55. The second kappa shape index (κ2) is 7.02. The van der Waals surface area contributed by atoms with Crippen molar-refractivity contribution in [3.05, 3.63) is 0 Å². The maximum Gasteiger partial charge on any atom is 0.279 e. The predicted molar refractivity (Wildman–Crippen MR) is 77.1 cm³/mol. The van der Waals surface area contributed by atoms with Gasteiger partial charge >= 0.3 is 0 Å². The molecule has 6 heteroatoms. The maximum atomic E-state index is 12.3. The molecule has 2 aliphatic heterocycles. The van der Waals surface area contributed by atoms with Crippen LogP contribution in [0.3, 0.4) is 0 Å². The summed E-state index contributed by atoms with van der Waals surface area (Å²) in [5, 5.41) is 3.35. The molecule has 2 heterocycles. The molecule has 0 aliphatic carbocycles. The van der Waals surface area contributed by atoms with Gasteiger partial charge in [-0.05, 0) is 44.2 Å². The summed E-state index contributed by atoms with van der Waals surface area (Å²) < 4.78 is 29.0. The molecular formula is C13H27N3O2S. The van der Waals surface area contributed by atoms with Crippen LogP contribution in [0.25, 0.3) is 0 Å². The highest BCUT2D eigenvalue weighted by Gasteiger charge is 2.26. The summed E-state index contributed by atoms with van der Waals surface area (Å²) in [6, 6.07) is 0. The van der Waals surface area contributed by atoms with Gasteiger partial charge in [0.05, 0.1) is 0 Å². The molecule has 0 amide bonds. The van der Waals surface area contributed by atoms with Crippen molar-refractivity contribution < 1.29 is 8.42 Å². The smallest absolute Gasteiger partial charge is 0.279 e. The lowest BCUT2D eigenvalue weighted by Crippen LogP contribution is -2.46. The van der Waals surface area contributed by atoms with Gasteiger partial charge in [0.15, 0.2) is 0 Å². The SMILES string of the molecule is CC1CNCCC1CNS(=O)(=O)N1CCCCCC1. The summed E-state index contributed by atoms with van der Waals surface area (Å²) in [6.07, 6.45) is 5.34. The fourth-order valence-electron chi connectivity index (χ4n) is 2.96.